The fourth-order valence-corrected chi connectivity index (χ4v) is 2.97. The Kier molecular flexibility index (Phi) is 5.48. The Morgan fingerprint density at radius 1 is 1.15 bits per heavy atom. The first kappa shape index (κ1) is 14.9. The summed E-state index contributed by atoms with van der Waals surface area (Å²) in [7, 11) is 0. The van der Waals surface area contributed by atoms with E-state index in [4.69, 9.17) is 0 Å². The lowest BCUT2D eigenvalue weighted by Gasteiger charge is -2.18. The fraction of sp³-hybridized carbons (Fsp3) is 0.294. The molecule has 1 atom stereocenters. The van der Waals surface area contributed by atoms with Gasteiger partial charge in [-0.1, -0.05) is 31.2 Å². The van der Waals surface area contributed by atoms with Gasteiger partial charge in [0.1, 0.15) is 5.82 Å². The van der Waals surface area contributed by atoms with Crippen molar-refractivity contribution in [1.82, 2.24) is 0 Å². The number of para-hydroxylation sites is 1. The van der Waals surface area contributed by atoms with E-state index < -0.39 is 0 Å². The number of hydrogen-bond acceptors (Lipinski definition) is 2. The number of thioether (sulfide) groups is 1. The molecule has 2 rings (SSSR count). The van der Waals surface area contributed by atoms with Crippen LogP contribution in [0.25, 0.3) is 0 Å². The molecule has 0 heterocycles. The molecule has 1 unspecified atom stereocenters. The van der Waals surface area contributed by atoms with Crippen molar-refractivity contribution in [2.75, 3.05) is 11.1 Å². The van der Waals surface area contributed by atoms with Crippen molar-refractivity contribution in [2.24, 2.45) is 0 Å². The summed E-state index contributed by atoms with van der Waals surface area (Å²) in [6.07, 6.45) is 0.808. The minimum absolute atomic E-state index is 0.170. The molecule has 1 N–H and O–H groups in total. The van der Waals surface area contributed by atoms with Crippen LogP contribution in [0.4, 0.5) is 10.1 Å². The zero-order valence-electron chi connectivity index (χ0n) is 11.9. The zero-order chi connectivity index (χ0) is 14.4. The van der Waals surface area contributed by atoms with E-state index in [0.717, 1.165) is 23.4 Å². The minimum Gasteiger partial charge on any atom is -0.381 e. The summed E-state index contributed by atoms with van der Waals surface area (Å²) in [5, 5.41) is 3.52. The summed E-state index contributed by atoms with van der Waals surface area (Å²) in [6.45, 7) is 4.27. The van der Waals surface area contributed by atoms with E-state index in [0.29, 0.717) is 0 Å². The van der Waals surface area contributed by atoms with E-state index >= 15 is 0 Å². The van der Waals surface area contributed by atoms with E-state index in [9.17, 15) is 4.39 Å². The van der Waals surface area contributed by atoms with Gasteiger partial charge in [-0.05, 0) is 48.9 Å². The topological polar surface area (TPSA) is 12.0 Å². The van der Waals surface area contributed by atoms with Crippen LogP contribution in [-0.4, -0.2) is 11.8 Å². The van der Waals surface area contributed by atoms with Crippen LogP contribution in [0.5, 0.6) is 0 Å². The molecule has 1 nitrogen and oxygen atoms in total. The molecule has 2 aromatic rings. The number of hydrogen-bond donors (Lipinski definition) is 1. The van der Waals surface area contributed by atoms with Gasteiger partial charge < -0.3 is 5.32 Å². The molecule has 0 aliphatic heterocycles. The summed E-state index contributed by atoms with van der Waals surface area (Å²) >= 11 is 1.83. The van der Waals surface area contributed by atoms with E-state index in [1.54, 1.807) is 12.1 Å². The molecule has 106 valence electrons. The quantitative estimate of drug-likeness (QED) is 0.753. The zero-order valence-corrected chi connectivity index (χ0v) is 12.7. The van der Waals surface area contributed by atoms with Gasteiger partial charge in [0.25, 0.3) is 0 Å². The highest BCUT2D eigenvalue weighted by Gasteiger charge is 2.07. The van der Waals surface area contributed by atoms with Gasteiger partial charge in [-0.25, -0.2) is 4.39 Å². The van der Waals surface area contributed by atoms with Crippen molar-refractivity contribution in [3.8, 4) is 0 Å². The third-order valence-electron chi connectivity index (χ3n) is 3.02. The molecule has 20 heavy (non-hydrogen) atoms. The highest BCUT2D eigenvalue weighted by Crippen LogP contribution is 2.27. The summed E-state index contributed by atoms with van der Waals surface area (Å²) in [4.78, 5) is 1.26. The van der Waals surface area contributed by atoms with Crippen molar-refractivity contribution in [2.45, 2.75) is 31.2 Å². The third kappa shape index (κ3) is 4.27. The number of rotatable bonds is 6. The van der Waals surface area contributed by atoms with Gasteiger partial charge in [0, 0.05) is 16.6 Å². The van der Waals surface area contributed by atoms with Crippen LogP contribution >= 0.6 is 11.8 Å². The number of halogens is 1. The van der Waals surface area contributed by atoms with Crippen molar-refractivity contribution < 1.29 is 4.39 Å². The largest absolute Gasteiger partial charge is 0.381 e. The molecule has 0 fully saturated rings. The third-order valence-corrected chi connectivity index (χ3v) is 3.98. The van der Waals surface area contributed by atoms with Crippen LogP contribution in [0.15, 0.2) is 53.4 Å². The van der Waals surface area contributed by atoms with Crippen LogP contribution in [0, 0.1) is 5.82 Å². The van der Waals surface area contributed by atoms with Gasteiger partial charge in [0.05, 0.1) is 0 Å². The van der Waals surface area contributed by atoms with E-state index in [1.165, 1.54) is 11.0 Å². The van der Waals surface area contributed by atoms with Crippen LogP contribution in [0.1, 0.15) is 19.4 Å². The summed E-state index contributed by atoms with van der Waals surface area (Å²) in [6, 6.07) is 15.4. The summed E-state index contributed by atoms with van der Waals surface area (Å²) in [5.74, 6) is 0.883. The average molecular weight is 289 g/mol. The van der Waals surface area contributed by atoms with E-state index in [2.05, 4.69) is 37.4 Å². The maximum Gasteiger partial charge on any atom is 0.123 e. The van der Waals surface area contributed by atoms with Gasteiger partial charge >= 0.3 is 0 Å². The molecule has 0 aromatic heterocycles. The maximum absolute atomic E-state index is 13.2. The molecule has 0 amide bonds. The molecule has 0 saturated carbocycles. The lowest BCUT2D eigenvalue weighted by atomic mass is 10.1. The van der Waals surface area contributed by atoms with Crippen molar-refractivity contribution in [3.05, 3.63) is 59.9 Å². The Hall–Kier alpha value is -1.48. The second-order valence-electron chi connectivity index (χ2n) is 4.81. The van der Waals surface area contributed by atoms with Gasteiger partial charge in [0.15, 0.2) is 0 Å². The molecular weight excluding hydrogens is 269 g/mol. The first-order chi connectivity index (χ1) is 9.69. The monoisotopic (exact) mass is 289 g/mol. The number of nitrogens with one attached hydrogen (secondary N) is 1. The molecule has 0 aliphatic carbocycles. The van der Waals surface area contributed by atoms with Crippen molar-refractivity contribution >= 4 is 17.4 Å². The van der Waals surface area contributed by atoms with Crippen molar-refractivity contribution in [1.29, 1.82) is 0 Å². The molecular formula is C17H20FNS. The van der Waals surface area contributed by atoms with Gasteiger partial charge in [0.2, 0.25) is 0 Å². The molecule has 0 spiro atoms. The molecule has 0 aliphatic rings. The highest BCUT2D eigenvalue weighted by atomic mass is 32.2. The Bertz CT molecular complexity index is 556. The SMILES string of the molecule is CCSc1ccccc1NC(C)Cc1cccc(F)c1. The predicted octanol–water partition coefficient (Wildman–Crippen LogP) is 4.98. The molecule has 0 saturated heterocycles. The second-order valence-corrected chi connectivity index (χ2v) is 6.11. The first-order valence-corrected chi connectivity index (χ1v) is 7.90. The predicted molar refractivity (Wildman–Crippen MR) is 86.0 cm³/mol. The van der Waals surface area contributed by atoms with Gasteiger partial charge in [-0.2, -0.15) is 0 Å². The molecule has 2 aromatic carbocycles. The smallest absolute Gasteiger partial charge is 0.123 e. The fourth-order valence-electron chi connectivity index (χ4n) is 2.20. The first-order valence-electron chi connectivity index (χ1n) is 6.92. The molecule has 3 heteroatoms. The highest BCUT2D eigenvalue weighted by molar-refractivity contribution is 7.99. The van der Waals surface area contributed by atoms with Crippen LogP contribution < -0.4 is 5.32 Å². The van der Waals surface area contributed by atoms with Crippen LogP contribution in [0.3, 0.4) is 0 Å². The lowest BCUT2D eigenvalue weighted by Crippen LogP contribution is -2.18. The Morgan fingerprint density at radius 2 is 1.95 bits per heavy atom. The van der Waals surface area contributed by atoms with Gasteiger partial charge in [-0.3, -0.25) is 0 Å². The molecule has 0 bridgehead atoms. The normalized spacial score (nSPS) is 12.2. The van der Waals surface area contributed by atoms with E-state index in [1.807, 2.05) is 23.9 Å². The Balaban J connectivity index is 2.02. The summed E-state index contributed by atoms with van der Waals surface area (Å²) < 4.78 is 13.2. The maximum atomic E-state index is 13.2. The minimum atomic E-state index is -0.170. The van der Waals surface area contributed by atoms with Gasteiger partial charge in [-0.15, -0.1) is 11.8 Å². The van der Waals surface area contributed by atoms with E-state index in [-0.39, 0.29) is 11.9 Å². The Morgan fingerprint density at radius 3 is 2.70 bits per heavy atom. The standard InChI is InChI=1S/C17H20FNS/c1-3-20-17-10-5-4-9-16(17)19-13(2)11-14-7-6-8-15(18)12-14/h4-10,12-13,19H,3,11H2,1-2H3. The Labute approximate surface area is 124 Å². The average Bonchev–Trinajstić information content (AvgIpc) is 2.41. The van der Waals surface area contributed by atoms with Crippen molar-refractivity contribution in [3.63, 3.8) is 0 Å². The van der Waals surface area contributed by atoms with Crippen LogP contribution in [-0.2, 0) is 6.42 Å². The second kappa shape index (κ2) is 7.34. The lowest BCUT2D eigenvalue weighted by molar-refractivity contribution is 0.624. The summed E-state index contributed by atoms with van der Waals surface area (Å²) in [5.41, 5.74) is 2.17. The number of benzene rings is 2. The molecule has 0 radical (unpaired) electrons. The number of anilines is 1. The van der Waals surface area contributed by atoms with Crippen LogP contribution in [0.2, 0.25) is 0 Å².